The van der Waals surface area contributed by atoms with Gasteiger partial charge in [-0.05, 0) is 53.8 Å². The summed E-state index contributed by atoms with van der Waals surface area (Å²) in [5, 5.41) is 16.7. The molecule has 3 N–H and O–H groups in total. The highest BCUT2D eigenvalue weighted by Crippen LogP contribution is 2.28. The number of benzene rings is 2. The fourth-order valence-electron chi connectivity index (χ4n) is 2.70. The van der Waals surface area contributed by atoms with Gasteiger partial charge in [0.1, 0.15) is 11.6 Å². The van der Waals surface area contributed by atoms with Gasteiger partial charge >= 0.3 is 6.18 Å². The summed E-state index contributed by atoms with van der Waals surface area (Å²) in [6.45, 7) is 0. The number of alkyl halides is 3. The molecular formula is C21H18F4N4. The summed E-state index contributed by atoms with van der Waals surface area (Å²) in [6, 6.07) is 16.0. The Bertz CT molecular complexity index is 990. The van der Waals surface area contributed by atoms with Crippen molar-refractivity contribution < 1.29 is 17.6 Å². The number of H-pyrrole nitrogens is 1. The molecule has 2 aromatic carbocycles. The molecule has 0 radical (unpaired) electrons. The second-order valence-corrected chi connectivity index (χ2v) is 6.35. The molecule has 8 heteroatoms. The summed E-state index contributed by atoms with van der Waals surface area (Å²) >= 11 is 0. The lowest BCUT2D eigenvalue weighted by Gasteiger charge is -2.11. The van der Waals surface area contributed by atoms with Gasteiger partial charge in [0, 0.05) is 12.3 Å². The van der Waals surface area contributed by atoms with Crippen LogP contribution in [-0.2, 0) is 12.6 Å². The Hall–Kier alpha value is -3.42. The molecule has 0 saturated carbocycles. The first kappa shape index (κ1) is 20.3. The van der Waals surface area contributed by atoms with Gasteiger partial charge in [0.05, 0.1) is 5.71 Å². The van der Waals surface area contributed by atoms with Gasteiger partial charge in [0.2, 0.25) is 0 Å². The molecule has 4 nitrogen and oxygen atoms in total. The number of aromatic amines is 1. The lowest BCUT2D eigenvalue weighted by molar-refractivity contribution is -0.141. The van der Waals surface area contributed by atoms with E-state index >= 15 is 0 Å². The number of hydrogen-bond acceptors (Lipinski definition) is 3. The minimum atomic E-state index is -4.54. The molecule has 0 unspecified atom stereocenters. The Balaban J connectivity index is 1.81. The quantitative estimate of drug-likeness (QED) is 0.358. The fourth-order valence-corrected chi connectivity index (χ4v) is 2.70. The number of nitrogens with zero attached hydrogens (tertiary/aromatic N) is 1. The predicted octanol–water partition coefficient (Wildman–Crippen LogP) is 5.56. The molecule has 1 heterocycles. The van der Waals surface area contributed by atoms with E-state index < -0.39 is 17.7 Å². The predicted molar refractivity (Wildman–Crippen MR) is 103 cm³/mol. The first-order valence-corrected chi connectivity index (χ1v) is 8.80. The van der Waals surface area contributed by atoms with Crippen LogP contribution in [0.2, 0.25) is 0 Å². The van der Waals surface area contributed by atoms with Gasteiger partial charge in [0.25, 0.3) is 0 Å². The van der Waals surface area contributed by atoms with Crippen molar-refractivity contribution in [3.63, 3.8) is 0 Å². The van der Waals surface area contributed by atoms with E-state index in [0.717, 1.165) is 11.6 Å². The third-order valence-corrected chi connectivity index (χ3v) is 4.25. The minimum absolute atomic E-state index is 0.0569. The molecule has 0 fully saturated rings. The van der Waals surface area contributed by atoms with Crippen molar-refractivity contribution in [2.45, 2.75) is 19.0 Å². The molecule has 0 aliphatic heterocycles. The zero-order valence-electron chi connectivity index (χ0n) is 15.2. The van der Waals surface area contributed by atoms with Crippen LogP contribution in [0, 0.1) is 11.2 Å². The maximum absolute atomic E-state index is 13.2. The number of aromatic nitrogens is 2. The number of nitrogens with one attached hydrogen (secondary N) is 3. The number of hydrogen-bond donors (Lipinski definition) is 3. The Morgan fingerprint density at radius 2 is 1.76 bits per heavy atom. The van der Waals surface area contributed by atoms with Crippen molar-refractivity contribution >= 4 is 11.5 Å². The van der Waals surface area contributed by atoms with Gasteiger partial charge in [-0.15, -0.1) is 0 Å². The molecule has 3 rings (SSSR count). The lowest BCUT2D eigenvalue weighted by Crippen LogP contribution is -2.07. The molecule has 0 atom stereocenters. The third kappa shape index (κ3) is 5.54. The number of rotatable bonds is 7. The smallest absolute Gasteiger partial charge is 0.347 e. The van der Waals surface area contributed by atoms with Gasteiger partial charge in [-0.3, -0.25) is 10.5 Å². The summed E-state index contributed by atoms with van der Waals surface area (Å²) in [4.78, 5) is 0. The summed E-state index contributed by atoms with van der Waals surface area (Å²) in [7, 11) is 0. The van der Waals surface area contributed by atoms with Crippen LogP contribution in [0.4, 0.5) is 23.4 Å². The molecule has 0 saturated heterocycles. The first-order chi connectivity index (χ1) is 13.8. The fraction of sp³-hybridized carbons (Fsp3) is 0.143. The molecular weight excluding hydrogens is 384 g/mol. The van der Waals surface area contributed by atoms with Crippen molar-refractivity contribution in [2.75, 3.05) is 5.32 Å². The second kappa shape index (κ2) is 8.72. The Kier molecular flexibility index (Phi) is 6.11. The van der Waals surface area contributed by atoms with Crippen LogP contribution in [0.25, 0.3) is 0 Å². The first-order valence-electron chi connectivity index (χ1n) is 8.80. The zero-order chi connectivity index (χ0) is 20.9. The number of halogens is 4. The molecule has 0 aliphatic carbocycles. The summed E-state index contributed by atoms with van der Waals surface area (Å²) in [5.74, 6) is -0.354. The van der Waals surface area contributed by atoms with Gasteiger partial charge in [0.15, 0.2) is 5.69 Å². The molecule has 0 spiro atoms. The van der Waals surface area contributed by atoms with E-state index in [0.29, 0.717) is 24.0 Å². The topological polar surface area (TPSA) is 64.6 Å². The molecule has 3 aromatic rings. The van der Waals surface area contributed by atoms with E-state index in [1.54, 1.807) is 0 Å². The Morgan fingerprint density at radius 3 is 2.38 bits per heavy atom. The lowest BCUT2D eigenvalue weighted by atomic mass is 9.97. The van der Waals surface area contributed by atoms with Crippen LogP contribution in [0.1, 0.15) is 23.2 Å². The van der Waals surface area contributed by atoms with Crippen LogP contribution < -0.4 is 5.32 Å². The SMILES string of the molecule is N=C(/C(=C\Nc1cc(C(F)(F)F)n[nH]1)CCc1ccccc1)c1ccc(F)cc1. The molecule has 150 valence electrons. The van der Waals surface area contributed by atoms with E-state index in [4.69, 9.17) is 5.41 Å². The standard InChI is InChI=1S/C21H18F4N4/c22-17-10-8-15(9-11-17)20(26)16(7-6-14-4-2-1-3-5-14)13-27-19-12-18(28-29-19)21(23,24)25/h1-5,8-13,26H,6-7H2,(H2,27,28,29)/b16-13-,26-20?. The Labute approximate surface area is 164 Å². The number of allylic oxidation sites excluding steroid dienone is 1. The van der Waals surface area contributed by atoms with Gasteiger partial charge < -0.3 is 5.32 Å². The van der Waals surface area contributed by atoms with E-state index in [1.807, 2.05) is 30.3 Å². The maximum Gasteiger partial charge on any atom is 0.435 e. The second-order valence-electron chi connectivity index (χ2n) is 6.35. The van der Waals surface area contributed by atoms with Gasteiger partial charge in [-0.25, -0.2) is 4.39 Å². The van der Waals surface area contributed by atoms with Crippen molar-refractivity contribution in [3.8, 4) is 0 Å². The number of aryl methyl sites for hydroxylation is 1. The monoisotopic (exact) mass is 402 g/mol. The molecule has 0 amide bonds. The van der Waals surface area contributed by atoms with Crippen LogP contribution >= 0.6 is 0 Å². The zero-order valence-corrected chi connectivity index (χ0v) is 15.2. The largest absolute Gasteiger partial charge is 0.435 e. The highest BCUT2D eigenvalue weighted by Gasteiger charge is 2.33. The highest BCUT2D eigenvalue weighted by molar-refractivity contribution is 6.10. The average Bonchev–Trinajstić information content (AvgIpc) is 3.18. The highest BCUT2D eigenvalue weighted by atomic mass is 19.4. The summed E-state index contributed by atoms with van der Waals surface area (Å²) in [6.07, 6.45) is -1.97. The molecule has 0 aliphatic rings. The van der Waals surface area contributed by atoms with Gasteiger partial charge in [-0.2, -0.15) is 18.3 Å². The van der Waals surface area contributed by atoms with E-state index in [-0.39, 0.29) is 11.5 Å². The normalized spacial score (nSPS) is 12.1. The Morgan fingerprint density at radius 1 is 1.07 bits per heavy atom. The van der Waals surface area contributed by atoms with Crippen molar-refractivity contribution in [1.82, 2.24) is 10.2 Å². The third-order valence-electron chi connectivity index (χ3n) is 4.25. The van der Waals surface area contributed by atoms with Crippen molar-refractivity contribution in [2.24, 2.45) is 0 Å². The average molecular weight is 402 g/mol. The van der Waals surface area contributed by atoms with E-state index in [2.05, 4.69) is 15.5 Å². The van der Waals surface area contributed by atoms with Crippen LogP contribution in [0.5, 0.6) is 0 Å². The number of anilines is 1. The van der Waals surface area contributed by atoms with Crippen molar-refractivity contribution in [1.29, 1.82) is 5.41 Å². The van der Waals surface area contributed by atoms with Crippen molar-refractivity contribution in [3.05, 3.63) is 95.1 Å². The van der Waals surface area contributed by atoms with Gasteiger partial charge in [-0.1, -0.05) is 30.3 Å². The van der Waals surface area contributed by atoms with E-state index in [9.17, 15) is 17.6 Å². The summed E-state index contributed by atoms with van der Waals surface area (Å²) in [5.41, 5.74) is 1.25. The molecule has 29 heavy (non-hydrogen) atoms. The molecule has 1 aromatic heterocycles. The van der Waals surface area contributed by atoms with Crippen LogP contribution in [-0.4, -0.2) is 15.9 Å². The van der Waals surface area contributed by atoms with Crippen LogP contribution in [0.3, 0.4) is 0 Å². The molecule has 0 bridgehead atoms. The van der Waals surface area contributed by atoms with Crippen LogP contribution in [0.15, 0.2) is 72.4 Å². The van der Waals surface area contributed by atoms with E-state index in [1.165, 1.54) is 30.5 Å². The maximum atomic E-state index is 13.2. The summed E-state index contributed by atoms with van der Waals surface area (Å²) < 4.78 is 51.3. The minimum Gasteiger partial charge on any atom is -0.347 e.